The Morgan fingerprint density at radius 3 is 2.58 bits per heavy atom. The molecule has 5 nitrogen and oxygen atoms in total. The molecule has 0 aliphatic heterocycles. The number of fused-ring (bicyclic) bond motifs is 1. The van der Waals surface area contributed by atoms with E-state index in [1.807, 2.05) is 69.3 Å². The molecular weight excluding hydrogens is 413 g/mol. The van der Waals surface area contributed by atoms with E-state index in [0.717, 1.165) is 16.5 Å². The van der Waals surface area contributed by atoms with Crippen molar-refractivity contribution in [2.24, 2.45) is 0 Å². The monoisotopic (exact) mass is 437 g/mol. The molecular formula is C24H24FN3O2S. The van der Waals surface area contributed by atoms with E-state index in [2.05, 4.69) is 14.9 Å². The molecule has 2 aromatic heterocycles. The summed E-state index contributed by atoms with van der Waals surface area (Å²) >= 11 is -1.37. The van der Waals surface area contributed by atoms with Crippen LogP contribution in [0.5, 0.6) is 0 Å². The van der Waals surface area contributed by atoms with Crippen molar-refractivity contribution in [2.45, 2.75) is 38.0 Å². The van der Waals surface area contributed by atoms with Gasteiger partial charge in [0.05, 0.1) is 11.7 Å². The van der Waals surface area contributed by atoms with Crippen LogP contribution in [0.1, 0.15) is 38.1 Å². The minimum absolute atomic E-state index is 0.237. The molecule has 2 atom stereocenters. The first kappa shape index (κ1) is 21.5. The number of para-hydroxylation sites is 1. The minimum Gasteiger partial charge on any atom is -0.598 e. The molecule has 0 bridgehead atoms. The third-order valence-corrected chi connectivity index (χ3v) is 6.62. The van der Waals surface area contributed by atoms with Gasteiger partial charge in [0.1, 0.15) is 16.3 Å². The zero-order valence-corrected chi connectivity index (χ0v) is 18.4. The number of hydrogen-bond donors (Lipinski definition) is 1. The molecule has 0 fully saturated rings. The number of halogens is 1. The Morgan fingerprint density at radius 2 is 1.81 bits per heavy atom. The first-order valence-corrected chi connectivity index (χ1v) is 11.2. The molecule has 0 radical (unpaired) electrons. The standard InChI is InChI=1S/C24H24FN3O2S/c1-24(2,3)31(29)28-20(15-21-19(25)12-8-14-26-21)16-9-4-5-10-17(16)23-18-11-6-7-13-22(18)30-27-23/h4-14,20,28H,15H2,1-3H3/t20-,31?/m0/s1. The Morgan fingerprint density at radius 1 is 1.06 bits per heavy atom. The van der Waals surface area contributed by atoms with Crippen LogP contribution in [0.2, 0.25) is 0 Å². The third kappa shape index (κ3) is 4.63. The highest BCUT2D eigenvalue weighted by Crippen LogP contribution is 2.35. The Labute approximate surface area is 184 Å². The number of hydrogen-bond acceptors (Lipinski definition) is 5. The molecule has 4 aromatic rings. The maximum atomic E-state index is 14.4. The van der Waals surface area contributed by atoms with E-state index in [4.69, 9.17) is 4.52 Å². The van der Waals surface area contributed by atoms with E-state index in [9.17, 15) is 8.94 Å². The lowest BCUT2D eigenvalue weighted by Crippen LogP contribution is -2.42. The molecule has 2 heterocycles. The summed E-state index contributed by atoms with van der Waals surface area (Å²) < 4.78 is 35.6. The van der Waals surface area contributed by atoms with Crippen molar-refractivity contribution in [3.8, 4) is 11.3 Å². The summed E-state index contributed by atoms with van der Waals surface area (Å²) in [6.07, 6.45) is 1.80. The van der Waals surface area contributed by atoms with Crippen LogP contribution >= 0.6 is 0 Å². The zero-order valence-electron chi connectivity index (χ0n) is 17.6. The van der Waals surface area contributed by atoms with E-state index in [-0.39, 0.29) is 12.2 Å². The first-order valence-electron chi connectivity index (χ1n) is 10.1. The largest absolute Gasteiger partial charge is 0.598 e. The molecule has 0 aliphatic carbocycles. The van der Waals surface area contributed by atoms with Crippen LogP contribution in [0.25, 0.3) is 22.2 Å². The van der Waals surface area contributed by atoms with Gasteiger partial charge in [0.2, 0.25) is 0 Å². The lowest BCUT2D eigenvalue weighted by atomic mass is 9.94. The lowest BCUT2D eigenvalue weighted by molar-refractivity contribution is 0.459. The number of nitrogens with zero attached hydrogens (tertiary/aromatic N) is 2. The molecule has 7 heteroatoms. The predicted octanol–water partition coefficient (Wildman–Crippen LogP) is 5.36. The molecule has 31 heavy (non-hydrogen) atoms. The van der Waals surface area contributed by atoms with Gasteiger partial charge in [0.15, 0.2) is 5.58 Å². The fourth-order valence-corrected chi connectivity index (χ4v) is 4.20. The number of aromatic nitrogens is 2. The van der Waals surface area contributed by atoms with Gasteiger partial charge in [0, 0.05) is 34.9 Å². The smallest absolute Gasteiger partial charge is 0.167 e. The van der Waals surface area contributed by atoms with E-state index >= 15 is 0 Å². The lowest BCUT2D eigenvalue weighted by Gasteiger charge is -2.29. The maximum absolute atomic E-state index is 14.4. The topological polar surface area (TPSA) is 74.0 Å². The summed E-state index contributed by atoms with van der Waals surface area (Å²) in [7, 11) is 0. The molecule has 4 rings (SSSR count). The van der Waals surface area contributed by atoms with Gasteiger partial charge in [-0.1, -0.05) is 41.6 Å². The Bertz CT molecular complexity index is 1190. The van der Waals surface area contributed by atoms with E-state index in [1.54, 1.807) is 12.3 Å². The molecule has 1 unspecified atom stereocenters. The number of benzene rings is 2. The molecule has 2 aromatic carbocycles. The number of rotatable bonds is 6. The average Bonchev–Trinajstić information content (AvgIpc) is 3.18. The molecule has 0 saturated heterocycles. The van der Waals surface area contributed by atoms with Crippen LogP contribution in [0.3, 0.4) is 0 Å². The zero-order chi connectivity index (χ0) is 22.0. The first-order chi connectivity index (χ1) is 14.8. The predicted molar refractivity (Wildman–Crippen MR) is 121 cm³/mol. The quantitative estimate of drug-likeness (QED) is 0.411. The molecule has 0 aliphatic rings. The third-order valence-electron chi connectivity index (χ3n) is 5.01. The van der Waals surface area contributed by atoms with Crippen molar-refractivity contribution in [3.63, 3.8) is 0 Å². The summed E-state index contributed by atoms with van der Waals surface area (Å²) in [6.45, 7) is 5.68. The van der Waals surface area contributed by atoms with Crippen LogP contribution in [-0.2, 0) is 17.8 Å². The Balaban J connectivity index is 1.81. The van der Waals surface area contributed by atoms with Gasteiger partial charge in [-0.25, -0.2) is 4.39 Å². The molecule has 1 N–H and O–H groups in total. The highest BCUT2D eigenvalue weighted by molar-refractivity contribution is 7.90. The van der Waals surface area contributed by atoms with E-state index in [1.165, 1.54) is 6.07 Å². The van der Waals surface area contributed by atoms with Crippen molar-refractivity contribution < 1.29 is 13.5 Å². The highest BCUT2D eigenvalue weighted by Gasteiger charge is 2.32. The summed E-state index contributed by atoms with van der Waals surface area (Å²) in [5.41, 5.74) is 3.38. The SMILES string of the molecule is CC(C)(C)[S+]([O-])N[C@@H](Cc1ncccc1F)c1ccccc1-c1noc2ccccc12. The summed E-state index contributed by atoms with van der Waals surface area (Å²) in [5.74, 6) is -0.389. The summed E-state index contributed by atoms with van der Waals surface area (Å²) in [5, 5.41) is 5.18. The van der Waals surface area contributed by atoms with Crippen molar-refractivity contribution in [1.82, 2.24) is 14.9 Å². The Kier molecular flexibility index (Phi) is 6.09. The Hall–Kier alpha value is -2.74. The maximum Gasteiger partial charge on any atom is 0.167 e. The normalized spacial score (nSPS) is 14.0. The van der Waals surface area contributed by atoms with Crippen LogP contribution in [0.15, 0.2) is 71.4 Å². The average molecular weight is 438 g/mol. The van der Waals surface area contributed by atoms with Crippen molar-refractivity contribution in [3.05, 3.63) is 83.9 Å². The second kappa shape index (κ2) is 8.78. The van der Waals surface area contributed by atoms with Gasteiger partial charge < -0.3 is 9.08 Å². The highest BCUT2D eigenvalue weighted by atomic mass is 32.2. The molecule has 0 amide bonds. The van der Waals surface area contributed by atoms with Crippen molar-refractivity contribution in [1.29, 1.82) is 0 Å². The fraction of sp³-hybridized carbons (Fsp3) is 0.250. The van der Waals surface area contributed by atoms with E-state index < -0.39 is 22.2 Å². The van der Waals surface area contributed by atoms with Crippen molar-refractivity contribution in [2.75, 3.05) is 0 Å². The van der Waals surface area contributed by atoms with Gasteiger partial charge in [-0.2, -0.15) is 0 Å². The van der Waals surface area contributed by atoms with Gasteiger partial charge in [0.25, 0.3) is 0 Å². The van der Waals surface area contributed by atoms with E-state index in [0.29, 0.717) is 17.0 Å². The van der Waals surface area contributed by atoms with Crippen molar-refractivity contribution >= 4 is 22.3 Å². The summed E-state index contributed by atoms with van der Waals surface area (Å²) in [4.78, 5) is 4.21. The number of pyridine rings is 1. The second-order valence-electron chi connectivity index (χ2n) is 8.30. The van der Waals surface area contributed by atoms with Gasteiger partial charge in [-0.3, -0.25) is 4.98 Å². The number of nitrogens with one attached hydrogen (secondary N) is 1. The van der Waals surface area contributed by atoms with Crippen LogP contribution in [0.4, 0.5) is 4.39 Å². The van der Waals surface area contributed by atoms with Crippen LogP contribution in [0, 0.1) is 5.82 Å². The van der Waals surface area contributed by atoms with Crippen LogP contribution < -0.4 is 4.72 Å². The van der Waals surface area contributed by atoms with Gasteiger partial charge >= 0.3 is 0 Å². The van der Waals surface area contributed by atoms with Crippen LogP contribution in [-0.4, -0.2) is 19.4 Å². The minimum atomic E-state index is -1.37. The second-order valence-corrected chi connectivity index (χ2v) is 10.3. The van der Waals surface area contributed by atoms with Gasteiger partial charge in [-0.15, -0.1) is 4.72 Å². The summed E-state index contributed by atoms with van der Waals surface area (Å²) in [6, 6.07) is 17.8. The molecule has 0 saturated carbocycles. The molecule has 160 valence electrons. The fourth-order valence-electron chi connectivity index (χ4n) is 3.38. The van der Waals surface area contributed by atoms with Gasteiger partial charge in [-0.05, 0) is 50.6 Å². The molecule has 0 spiro atoms.